The van der Waals surface area contributed by atoms with Gasteiger partial charge in [-0.25, -0.2) is 4.39 Å². The first-order chi connectivity index (χ1) is 7.24. The number of halogens is 1. The molecule has 0 fully saturated rings. The second-order valence-electron chi connectivity index (χ2n) is 3.30. The van der Waals surface area contributed by atoms with E-state index in [1.165, 1.54) is 18.2 Å². The molecule has 1 aromatic rings. The first-order valence-electron chi connectivity index (χ1n) is 4.91. The molecule has 0 spiro atoms. The van der Waals surface area contributed by atoms with Crippen LogP contribution in [0.4, 0.5) is 4.39 Å². The van der Waals surface area contributed by atoms with Crippen LogP contribution < -0.4 is 5.32 Å². The van der Waals surface area contributed by atoms with Crippen LogP contribution in [-0.2, 0) is 6.54 Å². The van der Waals surface area contributed by atoms with Crippen LogP contribution >= 0.6 is 11.8 Å². The quantitative estimate of drug-likeness (QED) is 0.735. The van der Waals surface area contributed by atoms with E-state index in [0.29, 0.717) is 12.1 Å². The average Bonchev–Trinajstić information content (AvgIpc) is 2.23. The molecule has 2 nitrogen and oxygen atoms in total. The smallest absolute Gasteiger partial charge is 0.123 e. The molecule has 1 rings (SSSR count). The molecule has 0 unspecified atom stereocenters. The number of hydrogen-bond acceptors (Lipinski definition) is 3. The van der Waals surface area contributed by atoms with E-state index in [1.54, 1.807) is 11.8 Å². The fourth-order valence-corrected chi connectivity index (χ4v) is 1.69. The zero-order chi connectivity index (χ0) is 11.1. The average molecular weight is 229 g/mol. The zero-order valence-corrected chi connectivity index (χ0v) is 9.61. The Bertz CT molecular complexity index is 307. The summed E-state index contributed by atoms with van der Waals surface area (Å²) in [7, 11) is 0. The molecule has 0 radical (unpaired) electrons. The number of nitrogens with one attached hydrogen (secondary N) is 1. The molecule has 0 aliphatic heterocycles. The van der Waals surface area contributed by atoms with Crippen molar-refractivity contribution in [2.45, 2.75) is 13.0 Å². The number of hydrogen-bond donors (Lipinski definition) is 2. The molecule has 0 aliphatic rings. The second kappa shape index (κ2) is 6.69. The van der Waals surface area contributed by atoms with Gasteiger partial charge in [0.2, 0.25) is 0 Å². The van der Waals surface area contributed by atoms with E-state index < -0.39 is 0 Å². The lowest BCUT2D eigenvalue weighted by Crippen LogP contribution is -2.15. The van der Waals surface area contributed by atoms with Crippen molar-refractivity contribution in [2.24, 2.45) is 0 Å². The molecular formula is C11H16FNOS. The number of rotatable bonds is 6. The summed E-state index contributed by atoms with van der Waals surface area (Å²) in [4.78, 5) is 0. The van der Waals surface area contributed by atoms with Crippen LogP contribution in [0.15, 0.2) is 18.2 Å². The molecular weight excluding hydrogens is 213 g/mol. The first kappa shape index (κ1) is 12.3. The first-order valence-corrected chi connectivity index (χ1v) is 6.30. The summed E-state index contributed by atoms with van der Waals surface area (Å²) in [6.07, 6.45) is 3.15. The molecule has 2 N–H and O–H groups in total. The van der Waals surface area contributed by atoms with Gasteiger partial charge in [0.1, 0.15) is 11.6 Å². The topological polar surface area (TPSA) is 32.3 Å². The largest absolute Gasteiger partial charge is 0.508 e. The Morgan fingerprint density at radius 1 is 1.47 bits per heavy atom. The highest BCUT2D eigenvalue weighted by Gasteiger charge is 2.01. The van der Waals surface area contributed by atoms with Gasteiger partial charge < -0.3 is 10.4 Å². The predicted molar refractivity (Wildman–Crippen MR) is 62.8 cm³/mol. The highest BCUT2D eigenvalue weighted by Crippen LogP contribution is 2.17. The van der Waals surface area contributed by atoms with Crippen LogP contribution in [0.1, 0.15) is 12.0 Å². The number of benzene rings is 1. The molecule has 0 saturated heterocycles. The van der Waals surface area contributed by atoms with E-state index in [9.17, 15) is 9.50 Å². The van der Waals surface area contributed by atoms with Gasteiger partial charge in [-0.3, -0.25) is 0 Å². The lowest BCUT2D eigenvalue weighted by molar-refractivity contribution is 0.461. The summed E-state index contributed by atoms with van der Waals surface area (Å²) >= 11 is 1.80. The van der Waals surface area contributed by atoms with Crippen LogP contribution in [0.25, 0.3) is 0 Å². The summed E-state index contributed by atoms with van der Waals surface area (Å²) in [5.41, 5.74) is 0.610. The van der Waals surface area contributed by atoms with Gasteiger partial charge in [-0.2, -0.15) is 11.8 Å². The number of phenols is 1. The maximum Gasteiger partial charge on any atom is 0.123 e. The van der Waals surface area contributed by atoms with Crippen LogP contribution in [0.3, 0.4) is 0 Å². The van der Waals surface area contributed by atoms with Crippen LogP contribution in [0.5, 0.6) is 5.75 Å². The summed E-state index contributed by atoms with van der Waals surface area (Å²) < 4.78 is 12.8. The van der Waals surface area contributed by atoms with Gasteiger partial charge >= 0.3 is 0 Å². The fourth-order valence-electron chi connectivity index (χ4n) is 1.26. The van der Waals surface area contributed by atoms with E-state index in [1.807, 2.05) is 0 Å². The Balaban J connectivity index is 2.33. The third kappa shape index (κ3) is 4.53. The third-order valence-electron chi connectivity index (χ3n) is 2.06. The SMILES string of the molecule is CSCCCNCc1cc(F)ccc1O. The van der Waals surface area contributed by atoms with Crippen LogP contribution in [-0.4, -0.2) is 23.7 Å². The molecule has 1 aromatic carbocycles. The van der Waals surface area contributed by atoms with Crippen LogP contribution in [0, 0.1) is 5.82 Å². The molecule has 0 amide bonds. The molecule has 15 heavy (non-hydrogen) atoms. The molecule has 84 valence electrons. The molecule has 0 aliphatic carbocycles. The van der Waals surface area contributed by atoms with Crippen molar-refractivity contribution in [1.82, 2.24) is 5.32 Å². The minimum absolute atomic E-state index is 0.147. The van der Waals surface area contributed by atoms with E-state index in [-0.39, 0.29) is 11.6 Å². The Labute approximate surface area is 93.9 Å². The molecule has 4 heteroatoms. The Kier molecular flexibility index (Phi) is 5.50. The molecule has 0 atom stereocenters. The van der Waals surface area contributed by atoms with Crippen molar-refractivity contribution < 1.29 is 9.50 Å². The predicted octanol–water partition coefficient (Wildman–Crippen LogP) is 2.37. The minimum atomic E-state index is -0.311. The number of thioether (sulfide) groups is 1. The molecule has 0 bridgehead atoms. The summed E-state index contributed by atoms with van der Waals surface area (Å²) in [6.45, 7) is 1.40. The maximum atomic E-state index is 12.8. The molecule has 0 aromatic heterocycles. The van der Waals surface area contributed by atoms with E-state index in [2.05, 4.69) is 11.6 Å². The van der Waals surface area contributed by atoms with Gasteiger partial charge in [0.15, 0.2) is 0 Å². The van der Waals surface area contributed by atoms with Gasteiger partial charge in [-0.15, -0.1) is 0 Å². The van der Waals surface area contributed by atoms with Crippen molar-refractivity contribution in [2.75, 3.05) is 18.6 Å². The minimum Gasteiger partial charge on any atom is -0.508 e. The Hall–Kier alpha value is -0.740. The van der Waals surface area contributed by atoms with Crippen molar-refractivity contribution in [3.8, 4) is 5.75 Å². The van der Waals surface area contributed by atoms with E-state index >= 15 is 0 Å². The standard InChI is InChI=1S/C11H16FNOS/c1-15-6-2-5-13-8-9-7-10(12)3-4-11(9)14/h3-4,7,13-14H,2,5-6,8H2,1H3. The normalized spacial score (nSPS) is 10.5. The zero-order valence-electron chi connectivity index (χ0n) is 8.79. The van der Waals surface area contributed by atoms with E-state index in [0.717, 1.165) is 18.7 Å². The van der Waals surface area contributed by atoms with Crippen LogP contribution in [0.2, 0.25) is 0 Å². The fraction of sp³-hybridized carbons (Fsp3) is 0.455. The van der Waals surface area contributed by atoms with Gasteiger partial charge in [-0.1, -0.05) is 0 Å². The van der Waals surface area contributed by atoms with Gasteiger partial charge in [0, 0.05) is 12.1 Å². The van der Waals surface area contributed by atoms with Crippen molar-refractivity contribution in [1.29, 1.82) is 0 Å². The maximum absolute atomic E-state index is 12.8. The highest BCUT2D eigenvalue weighted by atomic mass is 32.2. The molecule has 0 saturated carbocycles. The Morgan fingerprint density at radius 2 is 2.27 bits per heavy atom. The van der Waals surface area contributed by atoms with E-state index in [4.69, 9.17) is 0 Å². The monoisotopic (exact) mass is 229 g/mol. The lowest BCUT2D eigenvalue weighted by atomic mass is 10.2. The second-order valence-corrected chi connectivity index (χ2v) is 4.28. The number of phenolic OH excluding ortho intramolecular Hbond substituents is 1. The van der Waals surface area contributed by atoms with Gasteiger partial charge in [-0.05, 0) is 43.2 Å². The Morgan fingerprint density at radius 3 is 3.00 bits per heavy atom. The van der Waals surface area contributed by atoms with Crippen molar-refractivity contribution in [3.05, 3.63) is 29.6 Å². The summed E-state index contributed by atoms with van der Waals surface area (Å²) in [6, 6.07) is 4.00. The summed E-state index contributed by atoms with van der Waals surface area (Å²) in [5.74, 6) is 0.949. The van der Waals surface area contributed by atoms with Gasteiger partial charge in [0.25, 0.3) is 0 Å². The van der Waals surface area contributed by atoms with Gasteiger partial charge in [0.05, 0.1) is 0 Å². The van der Waals surface area contributed by atoms with Crippen molar-refractivity contribution in [3.63, 3.8) is 0 Å². The molecule has 0 heterocycles. The highest BCUT2D eigenvalue weighted by molar-refractivity contribution is 7.98. The summed E-state index contributed by atoms with van der Waals surface area (Å²) in [5, 5.41) is 12.6. The van der Waals surface area contributed by atoms with Crippen molar-refractivity contribution >= 4 is 11.8 Å². The number of aromatic hydroxyl groups is 1. The third-order valence-corrected chi connectivity index (χ3v) is 2.76. The lowest BCUT2D eigenvalue weighted by Gasteiger charge is -2.06.